The van der Waals surface area contributed by atoms with E-state index in [2.05, 4.69) is 5.32 Å². The first kappa shape index (κ1) is 17.5. The van der Waals surface area contributed by atoms with Gasteiger partial charge in [-0.05, 0) is 30.2 Å². The lowest BCUT2D eigenvalue weighted by Gasteiger charge is -2.08. The van der Waals surface area contributed by atoms with Crippen molar-refractivity contribution in [3.8, 4) is 5.75 Å². The number of hydrogen-bond donors (Lipinski definition) is 1. The van der Waals surface area contributed by atoms with Gasteiger partial charge in [0.25, 0.3) is 5.91 Å². The number of rotatable bonds is 7. The summed E-state index contributed by atoms with van der Waals surface area (Å²) in [6.45, 7) is 2.03. The summed E-state index contributed by atoms with van der Waals surface area (Å²) in [6.07, 6.45) is 0.158. The lowest BCUT2D eigenvalue weighted by Crippen LogP contribution is -2.28. The maximum absolute atomic E-state index is 11.8. The minimum Gasteiger partial charge on any atom is -0.497 e. The SMILES string of the molecule is COc1cccc(CNC(=O)COC(=O)Cc2cccc(C)c2)c1. The molecule has 0 aliphatic rings. The predicted octanol–water partition coefficient (Wildman–Crippen LogP) is 2.41. The number of esters is 1. The molecule has 0 saturated heterocycles. The Kier molecular flexibility index (Phi) is 6.37. The Morgan fingerprint density at radius 2 is 1.79 bits per heavy atom. The minimum absolute atomic E-state index is 0.158. The lowest BCUT2D eigenvalue weighted by atomic mass is 10.1. The molecule has 0 saturated carbocycles. The predicted molar refractivity (Wildman–Crippen MR) is 90.7 cm³/mol. The van der Waals surface area contributed by atoms with Crippen LogP contribution >= 0.6 is 0 Å². The van der Waals surface area contributed by atoms with Gasteiger partial charge in [-0.25, -0.2) is 0 Å². The molecule has 24 heavy (non-hydrogen) atoms. The van der Waals surface area contributed by atoms with Crippen LogP contribution in [0, 0.1) is 6.92 Å². The summed E-state index contributed by atoms with van der Waals surface area (Å²) in [6, 6.07) is 15.0. The van der Waals surface area contributed by atoms with Crippen molar-refractivity contribution in [2.24, 2.45) is 0 Å². The van der Waals surface area contributed by atoms with Gasteiger partial charge in [-0.2, -0.15) is 0 Å². The molecule has 5 heteroatoms. The molecule has 0 radical (unpaired) electrons. The Morgan fingerprint density at radius 1 is 1.04 bits per heavy atom. The van der Waals surface area contributed by atoms with Crippen molar-refractivity contribution in [3.05, 3.63) is 65.2 Å². The number of nitrogens with one attached hydrogen (secondary N) is 1. The molecule has 2 rings (SSSR count). The second kappa shape index (κ2) is 8.72. The molecule has 0 aliphatic heterocycles. The van der Waals surface area contributed by atoms with E-state index in [0.717, 1.165) is 22.4 Å². The van der Waals surface area contributed by atoms with Crippen molar-refractivity contribution >= 4 is 11.9 Å². The van der Waals surface area contributed by atoms with Crippen LogP contribution < -0.4 is 10.1 Å². The third kappa shape index (κ3) is 5.76. The average Bonchev–Trinajstić information content (AvgIpc) is 2.58. The largest absolute Gasteiger partial charge is 0.497 e. The van der Waals surface area contributed by atoms with Crippen LogP contribution in [-0.4, -0.2) is 25.6 Å². The standard InChI is InChI=1S/C19H21NO4/c1-14-5-3-6-15(9-14)11-19(22)24-13-18(21)20-12-16-7-4-8-17(10-16)23-2/h3-10H,11-13H2,1-2H3,(H,20,21). The molecule has 2 aromatic rings. The summed E-state index contributed by atoms with van der Waals surface area (Å²) in [5.41, 5.74) is 2.86. The van der Waals surface area contributed by atoms with Crippen LogP contribution in [0.1, 0.15) is 16.7 Å². The van der Waals surface area contributed by atoms with Crippen molar-refractivity contribution in [3.63, 3.8) is 0 Å². The van der Waals surface area contributed by atoms with Crippen molar-refractivity contribution in [1.82, 2.24) is 5.32 Å². The summed E-state index contributed by atoms with van der Waals surface area (Å²) in [5.74, 6) is -0.0288. The fraction of sp³-hybridized carbons (Fsp3) is 0.263. The summed E-state index contributed by atoms with van der Waals surface area (Å²) in [4.78, 5) is 23.5. The van der Waals surface area contributed by atoms with Gasteiger partial charge in [0.05, 0.1) is 13.5 Å². The molecular weight excluding hydrogens is 306 g/mol. The zero-order chi connectivity index (χ0) is 17.4. The smallest absolute Gasteiger partial charge is 0.310 e. The van der Waals surface area contributed by atoms with Gasteiger partial charge in [0.1, 0.15) is 5.75 Å². The molecule has 0 aromatic heterocycles. The van der Waals surface area contributed by atoms with Crippen LogP contribution in [0.3, 0.4) is 0 Å². The van der Waals surface area contributed by atoms with E-state index in [1.165, 1.54) is 0 Å². The Hall–Kier alpha value is -2.82. The first-order valence-corrected chi connectivity index (χ1v) is 7.67. The number of methoxy groups -OCH3 is 1. The number of hydrogen-bond acceptors (Lipinski definition) is 4. The van der Waals surface area contributed by atoms with Crippen LogP contribution in [-0.2, 0) is 27.3 Å². The Labute approximate surface area is 141 Å². The number of benzene rings is 2. The summed E-state index contributed by atoms with van der Waals surface area (Å²) < 4.78 is 10.1. The number of amides is 1. The zero-order valence-corrected chi connectivity index (χ0v) is 13.9. The number of carbonyl (C=O) groups is 2. The molecule has 0 heterocycles. The molecule has 1 amide bonds. The quantitative estimate of drug-likeness (QED) is 0.793. The number of aryl methyl sites for hydroxylation is 1. The van der Waals surface area contributed by atoms with Crippen molar-refractivity contribution in [2.75, 3.05) is 13.7 Å². The zero-order valence-electron chi connectivity index (χ0n) is 13.9. The Bertz CT molecular complexity index is 712. The van der Waals surface area contributed by atoms with E-state index < -0.39 is 5.97 Å². The normalized spacial score (nSPS) is 10.1. The first-order chi connectivity index (χ1) is 11.6. The highest BCUT2D eigenvalue weighted by Gasteiger charge is 2.09. The molecule has 0 spiro atoms. The molecule has 1 N–H and O–H groups in total. The van der Waals surface area contributed by atoms with Gasteiger partial charge < -0.3 is 14.8 Å². The highest BCUT2D eigenvalue weighted by atomic mass is 16.5. The molecule has 5 nitrogen and oxygen atoms in total. The van der Waals surface area contributed by atoms with Gasteiger partial charge in [0, 0.05) is 6.54 Å². The van der Waals surface area contributed by atoms with Crippen LogP contribution in [0.4, 0.5) is 0 Å². The monoisotopic (exact) mass is 327 g/mol. The molecule has 0 bridgehead atoms. The van der Waals surface area contributed by atoms with E-state index >= 15 is 0 Å². The average molecular weight is 327 g/mol. The molecule has 0 fully saturated rings. The second-order valence-corrected chi connectivity index (χ2v) is 5.45. The van der Waals surface area contributed by atoms with Crippen molar-refractivity contribution < 1.29 is 19.1 Å². The topological polar surface area (TPSA) is 64.6 Å². The number of ether oxygens (including phenoxy) is 2. The highest BCUT2D eigenvalue weighted by molar-refractivity contribution is 5.81. The van der Waals surface area contributed by atoms with Crippen LogP contribution in [0.5, 0.6) is 5.75 Å². The highest BCUT2D eigenvalue weighted by Crippen LogP contribution is 2.12. The molecule has 0 aliphatic carbocycles. The van der Waals surface area contributed by atoms with Crippen molar-refractivity contribution in [2.45, 2.75) is 19.9 Å². The van der Waals surface area contributed by atoms with E-state index in [1.54, 1.807) is 7.11 Å². The van der Waals surface area contributed by atoms with Gasteiger partial charge >= 0.3 is 5.97 Å². The third-order valence-electron chi connectivity index (χ3n) is 3.42. The van der Waals surface area contributed by atoms with E-state index in [-0.39, 0.29) is 18.9 Å². The van der Waals surface area contributed by atoms with E-state index in [9.17, 15) is 9.59 Å². The molecule has 126 valence electrons. The second-order valence-electron chi connectivity index (χ2n) is 5.45. The Morgan fingerprint density at radius 3 is 2.54 bits per heavy atom. The van der Waals surface area contributed by atoms with Gasteiger partial charge in [-0.15, -0.1) is 0 Å². The van der Waals surface area contributed by atoms with Gasteiger partial charge in [-0.1, -0.05) is 42.0 Å². The van der Waals surface area contributed by atoms with Gasteiger partial charge in [0.2, 0.25) is 0 Å². The maximum atomic E-state index is 11.8. The van der Waals surface area contributed by atoms with Crippen LogP contribution in [0.15, 0.2) is 48.5 Å². The van der Waals surface area contributed by atoms with Crippen LogP contribution in [0.25, 0.3) is 0 Å². The van der Waals surface area contributed by atoms with Crippen LogP contribution in [0.2, 0.25) is 0 Å². The summed E-state index contributed by atoms with van der Waals surface area (Å²) >= 11 is 0. The third-order valence-corrected chi connectivity index (χ3v) is 3.42. The molecule has 2 aromatic carbocycles. The van der Waals surface area contributed by atoms with E-state index in [1.807, 2.05) is 55.5 Å². The Balaban J connectivity index is 1.73. The van der Waals surface area contributed by atoms with Crippen molar-refractivity contribution in [1.29, 1.82) is 0 Å². The van der Waals surface area contributed by atoms with E-state index in [4.69, 9.17) is 9.47 Å². The lowest BCUT2D eigenvalue weighted by molar-refractivity contribution is -0.147. The number of carbonyl (C=O) groups excluding carboxylic acids is 2. The minimum atomic E-state index is -0.419. The van der Waals surface area contributed by atoms with Gasteiger partial charge in [-0.3, -0.25) is 9.59 Å². The fourth-order valence-corrected chi connectivity index (χ4v) is 2.22. The summed E-state index contributed by atoms with van der Waals surface area (Å²) in [5, 5.41) is 2.71. The van der Waals surface area contributed by atoms with Gasteiger partial charge in [0.15, 0.2) is 6.61 Å². The first-order valence-electron chi connectivity index (χ1n) is 7.67. The summed E-state index contributed by atoms with van der Waals surface area (Å²) in [7, 11) is 1.59. The molecule has 0 unspecified atom stereocenters. The van der Waals surface area contributed by atoms with E-state index in [0.29, 0.717) is 6.54 Å². The fourth-order valence-electron chi connectivity index (χ4n) is 2.22. The maximum Gasteiger partial charge on any atom is 0.310 e. The molecule has 0 atom stereocenters. The molecular formula is C19H21NO4.